The Labute approximate surface area is 106 Å². The van der Waals surface area contributed by atoms with Crippen molar-refractivity contribution in [3.63, 3.8) is 0 Å². The van der Waals surface area contributed by atoms with E-state index < -0.39 is 5.97 Å². The van der Waals surface area contributed by atoms with Crippen molar-refractivity contribution in [2.24, 2.45) is 0 Å². The molecule has 2 rings (SSSR count). The van der Waals surface area contributed by atoms with Crippen molar-refractivity contribution in [1.82, 2.24) is 25.1 Å². The Morgan fingerprint density at radius 3 is 2.83 bits per heavy atom. The van der Waals surface area contributed by atoms with Crippen molar-refractivity contribution >= 4 is 5.97 Å². The zero-order chi connectivity index (χ0) is 12.8. The lowest BCUT2D eigenvalue weighted by Crippen LogP contribution is -2.22. The normalized spacial score (nSPS) is 16.1. The summed E-state index contributed by atoms with van der Waals surface area (Å²) in [6, 6.07) is 0. The summed E-state index contributed by atoms with van der Waals surface area (Å²) in [6.45, 7) is 6.14. The Morgan fingerprint density at radius 2 is 2.11 bits per heavy atom. The molecule has 1 aliphatic heterocycles. The highest BCUT2D eigenvalue weighted by molar-refractivity contribution is 5.85. The van der Waals surface area contributed by atoms with Gasteiger partial charge in [-0.05, 0) is 56.2 Å². The monoisotopic (exact) mass is 253 g/mol. The van der Waals surface area contributed by atoms with Crippen LogP contribution in [0, 0.1) is 0 Å². The number of tetrazole rings is 1. The molecule has 0 N–H and O–H groups in total. The Balaban J connectivity index is 1.81. The molecule has 1 aromatic rings. The smallest absolute Gasteiger partial charge is 0.378 e. The van der Waals surface area contributed by atoms with Crippen LogP contribution in [0.2, 0.25) is 0 Å². The number of carbonyl (C=O) groups excluding carboxylic acids is 1. The van der Waals surface area contributed by atoms with E-state index in [2.05, 4.69) is 20.4 Å². The third kappa shape index (κ3) is 3.25. The summed E-state index contributed by atoms with van der Waals surface area (Å²) in [5.41, 5.74) is 0. The molecular weight excluding hydrogens is 234 g/mol. The van der Waals surface area contributed by atoms with Crippen LogP contribution in [0.1, 0.15) is 36.8 Å². The lowest BCUT2D eigenvalue weighted by molar-refractivity contribution is 0.0504. The molecule has 7 nitrogen and oxygen atoms in total. The molecule has 0 radical (unpaired) electrons. The van der Waals surface area contributed by atoms with Gasteiger partial charge in [0, 0.05) is 6.54 Å². The van der Waals surface area contributed by atoms with Crippen molar-refractivity contribution in [1.29, 1.82) is 0 Å². The second-order valence-corrected chi connectivity index (χ2v) is 4.35. The second-order valence-electron chi connectivity index (χ2n) is 4.35. The van der Waals surface area contributed by atoms with Gasteiger partial charge in [0.1, 0.15) is 0 Å². The van der Waals surface area contributed by atoms with Crippen LogP contribution >= 0.6 is 0 Å². The van der Waals surface area contributed by atoms with Crippen molar-refractivity contribution in [3.8, 4) is 0 Å². The van der Waals surface area contributed by atoms with E-state index >= 15 is 0 Å². The predicted octanol–water partition coefficient (Wildman–Crippen LogP) is 0.336. The molecule has 1 aromatic heterocycles. The number of hydrogen-bond acceptors (Lipinski definition) is 6. The van der Waals surface area contributed by atoms with Crippen LogP contribution in [0.15, 0.2) is 0 Å². The molecule has 0 unspecified atom stereocenters. The number of aromatic nitrogens is 4. The van der Waals surface area contributed by atoms with Gasteiger partial charge >= 0.3 is 5.97 Å². The number of likely N-dealkylation sites (tertiary alicyclic amines) is 1. The SMILES string of the molecule is CCOC(=O)c1nnnn1CCCN1CCCC1. The van der Waals surface area contributed by atoms with Crippen LogP contribution in [-0.4, -0.2) is 57.3 Å². The number of nitrogens with zero attached hydrogens (tertiary/aromatic N) is 5. The first-order chi connectivity index (χ1) is 8.81. The fourth-order valence-corrected chi connectivity index (χ4v) is 2.15. The molecular formula is C11H19N5O2. The fourth-order valence-electron chi connectivity index (χ4n) is 2.15. The quantitative estimate of drug-likeness (QED) is 0.680. The van der Waals surface area contributed by atoms with Crippen molar-refractivity contribution in [2.75, 3.05) is 26.2 Å². The standard InChI is InChI=1S/C11H19N5O2/c1-2-18-11(17)10-12-13-14-16(10)9-5-8-15-6-3-4-7-15/h2-9H2,1H3. The minimum Gasteiger partial charge on any atom is -0.460 e. The van der Waals surface area contributed by atoms with Crippen molar-refractivity contribution in [2.45, 2.75) is 32.7 Å². The highest BCUT2D eigenvalue weighted by atomic mass is 16.5. The van der Waals surface area contributed by atoms with Crippen LogP contribution in [0.5, 0.6) is 0 Å². The van der Waals surface area contributed by atoms with Gasteiger partial charge < -0.3 is 9.64 Å². The van der Waals surface area contributed by atoms with Crippen molar-refractivity contribution in [3.05, 3.63) is 5.82 Å². The maximum absolute atomic E-state index is 11.6. The molecule has 0 saturated carbocycles. The molecule has 2 heterocycles. The largest absolute Gasteiger partial charge is 0.460 e. The summed E-state index contributed by atoms with van der Waals surface area (Å²) in [6.07, 6.45) is 3.52. The maximum atomic E-state index is 11.6. The van der Waals surface area contributed by atoms with Crippen LogP contribution in [0.4, 0.5) is 0 Å². The molecule has 18 heavy (non-hydrogen) atoms. The molecule has 0 atom stereocenters. The van der Waals surface area contributed by atoms with Gasteiger partial charge in [0.25, 0.3) is 5.82 Å². The van der Waals surface area contributed by atoms with E-state index in [-0.39, 0.29) is 5.82 Å². The van der Waals surface area contributed by atoms with Gasteiger partial charge in [0.2, 0.25) is 0 Å². The number of hydrogen-bond donors (Lipinski definition) is 0. The predicted molar refractivity (Wildman–Crippen MR) is 64.1 cm³/mol. The highest BCUT2D eigenvalue weighted by Gasteiger charge is 2.17. The zero-order valence-electron chi connectivity index (χ0n) is 10.7. The van der Waals surface area contributed by atoms with Gasteiger partial charge in [-0.2, -0.15) is 0 Å². The van der Waals surface area contributed by atoms with E-state index in [1.54, 1.807) is 6.92 Å². The molecule has 0 aromatic carbocycles. The number of aryl methyl sites for hydroxylation is 1. The van der Waals surface area contributed by atoms with Gasteiger partial charge in [0.05, 0.1) is 6.61 Å². The minimum absolute atomic E-state index is 0.193. The second kappa shape index (κ2) is 6.44. The molecule has 100 valence electrons. The first kappa shape index (κ1) is 12.9. The number of carbonyl (C=O) groups is 1. The molecule has 7 heteroatoms. The van der Waals surface area contributed by atoms with Crippen molar-refractivity contribution < 1.29 is 9.53 Å². The van der Waals surface area contributed by atoms with Crippen LogP contribution < -0.4 is 0 Å². The van der Waals surface area contributed by atoms with E-state index in [4.69, 9.17) is 4.74 Å². The summed E-state index contributed by atoms with van der Waals surface area (Å²) in [7, 11) is 0. The first-order valence-corrected chi connectivity index (χ1v) is 6.47. The Bertz CT molecular complexity index is 387. The third-order valence-electron chi connectivity index (χ3n) is 3.03. The summed E-state index contributed by atoms with van der Waals surface area (Å²) in [5, 5.41) is 11.0. The lowest BCUT2D eigenvalue weighted by Gasteiger charge is -2.13. The average molecular weight is 253 g/mol. The fraction of sp³-hybridized carbons (Fsp3) is 0.818. The topological polar surface area (TPSA) is 73.1 Å². The maximum Gasteiger partial charge on any atom is 0.378 e. The van der Waals surface area contributed by atoms with E-state index in [1.807, 2.05) is 0 Å². The molecule has 1 aliphatic rings. The van der Waals surface area contributed by atoms with E-state index in [9.17, 15) is 4.79 Å². The Morgan fingerprint density at radius 1 is 1.33 bits per heavy atom. The van der Waals surface area contributed by atoms with E-state index in [0.29, 0.717) is 13.2 Å². The van der Waals surface area contributed by atoms with Crippen LogP contribution in [-0.2, 0) is 11.3 Å². The number of ether oxygens (including phenoxy) is 1. The molecule has 0 amide bonds. The molecule has 0 aliphatic carbocycles. The molecule has 1 fully saturated rings. The number of esters is 1. The van der Waals surface area contributed by atoms with Gasteiger partial charge in [0.15, 0.2) is 0 Å². The lowest BCUT2D eigenvalue weighted by atomic mass is 10.4. The Hall–Kier alpha value is -1.50. The Kier molecular flexibility index (Phi) is 4.63. The summed E-state index contributed by atoms with van der Waals surface area (Å²) in [4.78, 5) is 14.0. The van der Waals surface area contributed by atoms with Crippen LogP contribution in [0.25, 0.3) is 0 Å². The zero-order valence-corrected chi connectivity index (χ0v) is 10.7. The summed E-state index contributed by atoms with van der Waals surface area (Å²) >= 11 is 0. The first-order valence-electron chi connectivity index (χ1n) is 6.47. The van der Waals surface area contributed by atoms with Gasteiger partial charge in [-0.3, -0.25) is 0 Å². The van der Waals surface area contributed by atoms with E-state index in [0.717, 1.165) is 13.0 Å². The van der Waals surface area contributed by atoms with E-state index in [1.165, 1.54) is 30.6 Å². The third-order valence-corrected chi connectivity index (χ3v) is 3.03. The highest BCUT2D eigenvalue weighted by Crippen LogP contribution is 2.08. The minimum atomic E-state index is -0.455. The van der Waals surface area contributed by atoms with Gasteiger partial charge in [-0.25, -0.2) is 9.48 Å². The van der Waals surface area contributed by atoms with Crippen LogP contribution in [0.3, 0.4) is 0 Å². The average Bonchev–Trinajstić information content (AvgIpc) is 3.00. The summed E-state index contributed by atoms with van der Waals surface area (Å²) < 4.78 is 6.42. The van der Waals surface area contributed by atoms with Gasteiger partial charge in [-0.15, -0.1) is 5.10 Å². The molecule has 0 spiro atoms. The molecule has 0 bridgehead atoms. The number of rotatable bonds is 6. The van der Waals surface area contributed by atoms with Gasteiger partial charge in [-0.1, -0.05) is 0 Å². The summed E-state index contributed by atoms with van der Waals surface area (Å²) in [5.74, 6) is -0.262. The molecule has 1 saturated heterocycles.